The van der Waals surface area contributed by atoms with E-state index in [-0.39, 0.29) is 21.7 Å². The van der Waals surface area contributed by atoms with Crippen LogP contribution in [0.4, 0.5) is 0 Å². The van der Waals surface area contributed by atoms with E-state index in [1.54, 1.807) is 6.92 Å². The first-order chi connectivity index (χ1) is 2.41. The summed E-state index contributed by atoms with van der Waals surface area (Å²) in [7, 11) is 0. The van der Waals surface area contributed by atoms with Crippen molar-refractivity contribution in [1.82, 2.24) is 0 Å². The second-order valence-electron chi connectivity index (χ2n) is 0.516. The molecule has 6 heavy (non-hydrogen) atoms. The van der Waals surface area contributed by atoms with E-state index >= 15 is 0 Å². The van der Waals surface area contributed by atoms with Gasteiger partial charge in [0.1, 0.15) is 0 Å². The van der Waals surface area contributed by atoms with Gasteiger partial charge >= 0.3 is 0 Å². The third-order valence-electron chi connectivity index (χ3n) is 0.203. The maximum Gasteiger partial charge on any atom is 0.0451 e. The molecule has 0 heterocycles. The number of hydrogen-bond acceptors (Lipinski definition) is 2. The van der Waals surface area contributed by atoms with Crippen LogP contribution < -0.4 is 0 Å². The van der Waals surface area contributed by atoms with Crippen LogP contribution in [0.15, 0.2) is 0 Å². The van der Waals surface area contributed by atoms with Gasteiger partial charge in [0.25, 0.3) is 0 Å². The fourth-order valence-electron chi connectivity index (χ4n) is 0.0589. The van der Waals surface area contributed by atoms with Crippen LogP contribution in [0, 0.1) is 0 Å². The number of ether oxygens (including phenoxy) is 1. The maximum absolute atomic E-state index is 9.06. The molecule has 0 bridgehead atoms. The first-order valence-corrected chi connectivity index (χ1v) is 1.40. The van der Waals surface area contributed by atoms with Crippen molar-refractivity contribution in [3.63, 3.8) is 0 Å². The average molecular weight is 121 g/mol. The Morgan fingerprint density at radius 3 is 2.33 bits per heavy atom. The van der Waals surface area contributed by atoms with Gasteiger partial charge in [-0.25, -0.2) is 0 Å². The number of hydrogen-bond donors (Lipinski definition) is 0. The van der Waals surface area contributed by atoms with E-state index in [2.05, 4.69) is 4.74 Å². The van der Waals surface area contributed by atoms with Gasteiger partial charge < -0.3 is 9.53 Å². The fourth-order valence-corrected chi connectivity index (χ4v) is 0.0589. The van der Waals surface area contributed by atoms with E-state index in [9.17, 15) is 0 Å². The minimum atomic E-state index is 0. The Kier molecular flexibility index (Phi) is 14.2. The molecule has 0 spiro atoms. The maximum atomic E-state index is 9.06. The van der Waals surface area contributed by atoms with Gasteiger partial charge in [-0.2, -0.15) is 0 Å². The van der Waals surface area contributed by atoms with Gasteiger partial charge in [0.2, 0.25) is 0 Å². The molecule has 0 saturated carbocycles. The zero-order valence-electron chi connectivity index (χ0n) is 3.52. The Balaban J connectivity index is 0. The van der Waals surface area contributed by atoms with Crippen LogP contribution in [0.3, 0.4) is 0 Å². The van der Waals surface area contributed by atoms with Crippen molar-refractivity contribution in [2.75, 3.05) is 6.61 Å². The molecule has 0 radical (unpaired) electrons. The average Bonchev–Trinajstić information content (AvgIpc) is 1.41. The Morgan fingerprint density at radius 2 is 2.33 bits per heavy atom. The molecule has 0 atom stereocenters. The second kappa shape index (κ2) is 8.95. The molecule has 0 aromatic rings. The predicted molar refractivity (Wildman–Crippen MR) is 17.3 cm³/mol. The van der Waals surface area contributed by atoms with Gasteiger partial charge in [-0.1, -0.05) is 6.47 Å². The Labute approximate surface area is 51.8 Å². The van der Waals surface area contributed by atoms with Gasteiger partial charge in [0.15, 0.2) is 0 Å². The van der Waals surface area contributed by atoms with Gasteiger partial charge in [0.05, 0.1) is 0 Å². The van der Waals surface area contributed by atoms with Crippen LogP contribution in [-0.2, 0) is 31.2 Å². The van der Waals surface area contributed by atoms with Crippen molar-refractivity contribution in [3.8, 4) is 0 Å². The summed E-state index contributed by atoms with van der Waals surface area (Å²) in [6, 6.07) is 0. The van der Waals surface area contributed by atoms with Crippen molar-refractivity contribution in [2.45, 2.75) is 6.92 Å². The molecule has 0 unspecified atom stereocenters. The summed E-state index contributed by atoms with van der Waals surface area (Å²) in [5, 5.41) is 0. The van der Waals surface area contributed by atoms with Gasteiger partial charge in [-0.15, -0.1) is 0 Å². The molecule has 0 fully saturated rings. The summed E-state index contributed by atoms with van der Waals surface area (Å²) in [6.07, 6.45) is 0. The normalized spacial score (nSPS) is 5.50. The number of rotatable bonds is 2. The third kappa shape index (κ3) is 8.89. The molecule has 0 aliphatic rings. The van der Waals surface area contributed by atoms with Gasteiger partial charge in [0, 0.05) is 28.3 Å². The summed E-state index contributed by atoms with van der Waals surface area (Å²) in [6.45, 7) is 3.41. The molecular formula is C3H5O2Ti-. The van der Waals surface area contributed by atoms with E-state index in [1.165, 1.54) is 6.47 Å². The van der Waals surface area contributed by atoms with Crippen LogP contribution in [0.1, 0.15) is 6.92 Å². The van der Waals surface area contributed by atoms with Gasteiger partial charge in [-0.3, -0.25) is 0 Å². The molecule has 0 aromatic carbocycles. The van der Waals surface area contributed by atoms with Crippen LogP contribution in [0.5, 0.6) is 0 Å². The molecule has 34 valence electrons. The minimum absolute atomic E-state index is 0. The standard InChI is InChI=1S/C3H5O2.Ti/c1-2-5-3-4;/h2H2,1H3;/q-1;. The molecule has 0 aliphatic heterocycles. The molecule has 2 nitrogen and oxygen atoms in total. The molecule has 0 amide bonds. The summed E-state index contributed by atoms with van der Waals surface area (Å²) in [4.78, 5) is 9.06. The van der Waals surface area contributed by atoms with E-state index in [0.29, 0.717) is 6.61 Å². The van der Waals surface area contributed by atoms with E-state index in [1.807, 2.05) is 0 Å². The van der Waals surface area contributed by atoms with Crippen molar-refractivity contribution in [1.29, 1.82) is 0 Å². The molecular weight excluding hydrogens is 116 g/mol. The fraction of sp³-hybridized carbons (Fsp3) is 0.667. The van der Waals surface area contributed by atoms with Crippen molar-refractivity contribution in [2.24, 2.45) is 0 Å². The van der Waals surface area contributed by atoms with Crippen LogP contribution >= 0.6 is 0 Å². The van der Waals surface area contributed by atoms with E-state index < -0.39 is 0 Å². The molecule has 0 saturated heterocycles. The topological polar surface area (TPSA) is 26.3 Å². The summed E-state index contributed by atoms with van der Waals surface area (Å²) in [5.41, 5.74) is 0. The predicted octanol–water partition coefficient (Wildman–Crippen LogP) is 0.0876. The largest absolute Gasteiger partial charge is 0.653 e. The summed E-state index contributed by atoms with van der Waals surface area (Å²) < 4.78 is 4.03. The molecule has 0 N–H and O–H groups in total. The number of carbonyl (C=O) groups excluding carboxylic acids is 1. The SMILES string of the molecule is CCO[C-]=O.[Ti]. The summed E-state index contributed by atoms with van der Waals surface area (Å²) in [5.74, 6) is 0. The first-order valence-electron chi connectivity index (χ1n) is 1.40. The Bertz CT molecular complexity index is 30.0. The Hall–Kier alpha value is 0.184. The van der Waals surface area contributed by atoms with Crippen molar-refractivity contribution in [3.05, 3.63) is 0 Å². The molecule has 3 heteroatoms. The molecule has 0 aromatic heterocycles. The van der Waals surface area contributed by atoms with Gasteiger partial charge in [-0.05, 0) is 6.92 Å². The van der Waals surface area contributed by atoms with Crippen LogP contribution in [0.2, 0.25) is 0 Å². The van der Waals surface area contributed by atoms with Crippen LogP contribution in [0.25, 0.3) is 0 Å². The van der Waals surface area contributed by atoms with Crippen molar-refractivity contribution >= 4 is 6.47 Å². The van der Waals surface area contributed by atoms with Crippen molar-refractivity contribution < 1.29 is 31.2 Å². The Morgan fingerprint density at radius 1 is 1.83 bits per heavy atom. The van der Waals surface area contributed by atoms with E-state index in [0.717, 1.165) is 0 Å². The monoisotopic (exact) mass is 121 g/mol. The molecule has 0 aliphatic carbocycles. The first kappa shape index (κ1) is 9.49. The third-order valence-corrected chi connectivity index (χ3v) is 0.203. The summed E-state index contributed by atoms with van der Waals surface area (Å²) >= 11 is 0. The minimum Gasteiger partial charge on any atom is -0.653 e. The quantitative estimate of drug-likeness (QED) is 0.382. The van der Waals surface area contributed by atoms with E-state index in [4.69, 9.17) is 4.79 Å². The zero-order valence-corrected chi connectivity index (χ0v) is 5.09. The van der Waals surface area contributed by atoms with Crippen LogP contribution in [-0.4, -0.2) is 13.1 Å². The molecule has 0 rings (SSSR count). The smallest absolute Gasteiger partial charge is 0.0451 e. The second-order valence-corrected chi connectivity index (χ2v) is 0.516. The zero-order chi connectivity index (χ0) is 4.12.